The van der Waals surface area contributed by atoms with Crippen molar-refractivity contribution in [1.82, 2.24) is 4.90 Å². The molecule has 1 heterocycles. The third-order valence-corrected chi connectivity index (χ3v) is 3.13. The Balaban J connectivity index is 1.84. The molecule has 1 aromatic carbocycles. The van der Waals surface area contributed by atoms with E-state index in [1.54, 1.807) is 0 Å². The summed E-state index contributed by atoms with van der Waals surface area (Å²) in [7, 11) is 0. The van der Waals surface area contributed by atoms with E-state index in [4.69, 9.17) is 0 Å². The Kier molecular flexibility index (Phi) is 3.62. The molecule has 0 N–H and O–H groups in total. The first-order chi connectivity index (χ1) is 8.16. The van der Waals surface area contributed by atoms with Gasteiger partial charge in [-0.25, -0.2) is 0 Å². The van der Waals surface area contributed by atoms with Crippen molar-refractivity contribution in [2.45, 2.75) is 26.8 Å². The van der Waals surface area contributed by atoms with Crippen LogP contribution >= 0.6 is 0 Å². The zero-order valence-corrected chi connectivity index (χ0v) is 10.5. The quantitative estimate of drug-likeness (QED) is 0.574. The van der Waals surface area contributed by atoms with Gasteiger partial charge in [0.25, 0.3) is 0 Å². The van der Waals surface area contributed by atoms with Crippen LogP contribution in [0.1, 0.15) is 25.8 Å². The number of nitrogens with zero attached hydrogens (tertiary/aromatic N) is 1. The van der Waals surface area contributed by atoms with Crippen LogP contribution in [0.15, 0.2) is 42.0 Å². The van der Waals surface area contributed by atoms with Gasteiger partial charge in [-0.3, -0.25) is 4.79 Å². The van der Waals surface area contributed by atoms with Crippen LogP contribution in [0.3, 0.4) is 0 Å². The van der Waals surface area contributed by atoms with Crippen molar-refractivity contribution in [2.24, 2.45) is 5.92 Å². The van der Waals surface area contributed by atoms with Gasteiger partial charge in [0.1, 0.15) is 0 Å². The molecule has 0 radical (unpaired) electrons. The minimum Gasteiger partial charge on any atom is -0.337 e. The normalized spacial score (nSPS) is 18.8. The molecule has 1 fully saturated rings. The molecule has 1 unspecified atom stereocenters. The maximum absolute atomic E-state index is 11.9. The van der Waals surface area contributed by atoms with E-state index in [0.717, 1.165) is 19.5 Å². The van der Waals surface area contributed by atoms with Gasteiger partial charge in [-0.2, -0.15) is 0 Å². The van der Waals surface area contributed by atoms with Gasteiger partial charge in [0.15, 0.2) is 0 Å². The first kappa shape index (κ1) is 11.9. The summed E-state index contributed by atoms with van der Waals surface area (Å²) in [6, 6.07) is 10.2. The van der Waals surface area contributed by atoms with E-state index in [1.807, 2.05) is 23.1 Å². The molecule has 90 valence electrons. The molecule has 1 aliphatic heterocycles. The molecule has 0 aliphatic carbocycles. The highest BCUT2D eigenvalue weighted by Gasteiger charge is 2.35. The maximum Gasteiger partial charge on any atom is 0.228 e. The standard InChI is InChI=1S/C15H19NO/c1-12(2)8-9-14-11-16(15(14)17)10-13-6-4-3-5-7-13/h3-8,14H,9-11H2,1-2H3. The Bertz CT molecular complexity index is 418. The van der Waals surface area contributed by atoms with Crippen LogP contribution in [0, 0.1) is 5.92 Å². The van der Waals surface area contributed by atoms with Crippen molar-refractivity contribution in [3.05, 3.63) is 47.5 Å². The van der Waals surface area contributed by atoms with Gasteiger partial charge < -0.3 is 4.90 Å². The van der Waals surface area contributed by atoms with Crippen LogP contribution in [-0.4, -0.2) is 17.4 Å². The highest BCUT2D eigenvalue weighted by molar-refractivity contribution is 5.84. The fraction of sp³-hybridized carbons (Fsp3) is 0.400. The van der Waals surface area contributed by atoms with Crippen molar-refractivity contribution in [3.63, 3.8) is 0 Å². The summed E-state index contributed by atoms with van der Waals surface area (Å²) in [4.78, 5) is 13.8. The van der Waals surface area contributed by atoms with Gasteiger partial charge in [0, 0.05) is 13.1 Å². The highest BCUT2D eigenvalue weighted by atomic mass is 16.2. The second-order valence-corrected chi connectivity index (χ2v) is 4.92. The zero-order chi connectivity index (χ0) is 12.3. The van der Waals surface area contributed by atoms with Crippen molar-refractivity contribution < 1.29 is 4.79 Å². The third-order valence-electron chi connectivity index (χ3n) is 3.13. The van der Waals surface area contributed by atoms with E-state index in [0.29, 0.717) is 5.91 Å². The predicted molar refractivity (Wildman–Crippen MR) is 69.4 cm³/mol. The van der Waals surface area contributed by atoms with Gasteiger partial charge in [0.05, 0.1) is 5.92 Å². The molecule has 1 amide bonds. The van der Waals surface area contributed by atoms with E-state index in [2.05, 4.69) is 32.1 Å². The lowest BCUT2D eigenvalue weighted by molar-refractivity contribution is -0.148. The molecule has 1 atom stereocenters. The van der Waals surface area contributed by atoms with Crippen LogP contribution in [0.4, 0.5) is 0 Å². The number of β-lactam (4-membered cyclic amide) rings is 1. The summed E-state index contributed by atoms with van der Waals surface area (Å²) < 4.78 is 0. The Hall–Kier alpha value is -1.57. The molecule has 1 aromatic rings. The topological polar surface area (TPSA) is 20.3 Å². The number of carbonyl (C=O) groups excluding carboxylic acids is 1. The summed E-state index contributed by atoms with van der Waals surface area (Å²) in [6.07, 6.45) is 3.05. The summed E-state index contributed by atoms with van der Waals surface area (Å²) >= 11 is 0. The largest absolute Gasteiger partial charge is 0.337 e. The molecule has 2 rings (SSSR count). The molecule has 1 saturated heterocycles. The summed E-state index contributed by atoms with van der Waals surface area (Å²) in [5, 5.41) is 0. The van der Waals surface area contributed by atoms with Crippen molar-refractivity contribution in [3.8, 4) is 0 Å². The lowest BCUT2D eigenvalue weighted by Gasteiger charge is -2.38. The number of likely N-dealkylation sites (tertiary alicyclic amines) is 1. The molecule has 0 bridgehead atoms. The van der Waals surface area contributed by atoms with Crippen LogP contribution in [-0.2, 0) is 11.3 Å². The fourth-order valence-corrected chi connectivity index (χ4v) is 2.08. The summed E-state index contributed by atoms with van der Waals surface area (Å²) in [5.74, 6) is 0.514. The minimum absolute atomic E-state index is 0.216. The van der Waals surface area contributed by atoms with E-state index in [9.17, 15) is 4.79 Å². The van der Waals surface area contributed by atoms with Crippen molar-refractivity contribution in [1.29, 1.82) is 0 Å². The smallest absolute Gasteiger partial charge is 0.228 e. The second kappa shape index (κ2) is 5.17. The van der Waals surface area contributed by atoms with Gasteiger partial charge >= 0.3 is 0 Å². The van der Waals surface area contributed by atoms with Crippen LogP contribution in [0.25, 0.3) is 0 Å². The van der Waals surface area contributed by atoms with E-state index in [1.165, 1.54) is 11.1 Å². The molecule has 0 aromatic heterocycles. The lowest BCUT2D eigenvalue weighted by Crippen LogP contribution is -2.51. The molecule has 17 heavy (non-hydrogen) atoms. The molecular weight excluding hydrogens is 210 g/mol. The van der Waals surface area contributed by atoms with Gasteiger partial charge in [-0.1, -0.05) is 42.0 Å². The number of hydrogen-bond acceptors (Lipinski definition) is 1. The number of carbonyl (C=O) groups is 1. The van der Waals surface area contributed by atoms with Crippen molar-refractivity contribution >= 4 is 5.91 Å². The molecular formula is C15H19NO. The van der Waals surface area contributed by atoms with E-state index >= 15 is 0 Å². The first-order valence-corrected chi connectivity index (χ1v) is 6.13. The van der Waals surface area contributed by atoms with Crippen LogP contribution in [0.2, 0.25) is 0 Å². The van der Waals surface area contributed by atoms with Gasteiger partial charge in [-0.15, -0.1) is 0 Å². The third kappa shape index (κ3) is 2.96. The Morgan fingerprint density at radius 2 is 2.06 bits per heavy atom. The molecule has 2 nitrogen and oxygen atoms in total. The average molecular weight is 229 g/mol. The zero-order valence-electron chi connectivity index (χ0n) is 10.5. The average Bonchev–Trinajstić information content (AvgIpc) is 2.33. The Morgan fingerprint density at radius 1 is 1.35 bits per heavy atom. The Labute approximate surface area is 103 Å². The number of benzene rings is 1. The Morgan fingerprint density at radius 3 is 2.65 bits per heavy atom. The van der Waals surface area contributed by atoms with Gasteiger partial charge in [-0.05, 0) is 25.8 Å². The monoisotopic (exact) mass is 229 g/mol. The number of amides is 1. The number of rotatable bonds is 4. The predicted octanol–water partition coefficient (Wildman–Crippen LogP) is 3.00. The van der Waals surface area contributed by atoms with E-state index < -0.39 is 0 Å². The highest BCUT2D eigenvalue weighted by Crippen LogP contribution is 2.24. The molecule has 0 spiro atoms. The van der Waals surface area contributed by atoms with Crippen LogP contribution < -0.4 is 0 Å². The van der Waals surface area contributed by atoms with E-state index in [-0.39, 0.29) is 5.92 Å². The fourth-order valence-electron chi connectivity index (χ4n) is 2.08. The minimum atomic E-state index is 0.216. The van der Waals surface area contributed by atoms with Crippen molar-refractivity contribution in [2.75, 3.05) is 6.54 Å². The number of hydrogen-bond donors (Lipinski definition) is 0. The molecule has 1 aliphatic rings. The number of allylic oxidation sites excluding steroid dienone is 2. The van der Waals surface area contributed by atoms with Gasteiger partial charge in [0.2, 0.25) is 5.91 Å². The second-order valence-electron chi connectivity index (χ2n) is 4.92. The lowest BCUT2D eigenvalue weighted by atomic mass is 9.93. The van der Waals surface area contributed by atoms with Crippen LogP contribution in [0.5, 0.6) is 0 Å². The summed E-state index contributed by atoms with van der Waals surface area (Å²) in [6.45, 7) is 5.80. The molecule has 0 saturated carbocycles. The maximum atomic E-state index is 11.9. The summed E-state index contributed by atoms with van der Waals surface area (Å²) in [5.41, 5.74) is 2.50. The molecule has 2 heteroatoms. The first-order valence-electron chi connectivity index (χ1n) is 6.13. The SMILES string of the molecule is CC(C)=CCC1CN(Cc2ccccc2)C1=O.